The van der Waals surface area contributed by atoms with Crippen molar-refractivity contribution in [1.29, 1.82) is 0 Å². The maximum Gasteiger partial charge on any atom is 0.119 e. The Morgan fingerprint density at radius 3 is 2.50 bits per heavy atom. The molecular formula is C19H30O. The summed E-state index contributed by atoms with van der Waals surface area (Å²) in [7, 11) is 0. The first-order chi connectivity index (χ1) is 9.83. The number of benzene rings is 1. The van der Waals surface area contributed by atoms with Crippen molar-refractivity contribution in [3.63, 3.8) is 0 Å². The molecule has 0 radical (unpaired) electrons. The summed E-state index contributed by atoms with van der Waals surface area (Å²) < 4.78 is 0. The Balaban J connectivity index is 1.98. The summed E-state index contributed by atoms with van der Waals surface area (Å²) >= 11 is 0. The van der Waals surface area contributed by atoms with E-state index in [4.69, 9.17) is 0 Å². The van der Waals surface area contributed by atoms with Crippen molar-refractivity contribution >= 4 is 0 Å². The molecule has 2 rings (SSSR count). The topological polar surface area (TPSA) is 20.2 Å². The van der Waals surface area contributed by atoms with E-state index in [0.717, 1.165) is 6.42 Å². The summed E-state index contributed by atoms with van der Waals surface area (Å²) in [6.07, 6.45) is 14.3. The van der Waals surface area contributed by atoms with Gasteiger partial charge in [-0.2, -0.15) is 0 Å². The number of aromatic hydroxyl groups is 1. The number of phenolic OH excluding ortho intramolecular Hbond substituents is 1. The fourth-order valence-electron chi connectivity index (χ4n) is 3.60. The lowest BCUT2D eigenvalue weighted by Crippen LogP contribution is -2.08. The van der Waals surface area contributed by atoms with Crippen LogP contribution in [0.4, 0.5) is 0 Å². The normalized spacial score (nSPS) is 16.4. The minimum Gasteiger partial charge on any atom is -0.508 e. The SMILES string of the molecule is CCCCCCCc1cccc(O)c1C1CCCCC1. The first kappa shape index (κ1) is 15.4. The predicted molar refractivity (Wildman–Crippen MR) is 86.4 cm³/mol. The number of phenols is 1. The van der Waals surface area contributed by atoms with Crippen LogP contribution in [0.15, 0.2) is 18.2 Å². The van der Waals surface area contributed by atoms with Crippen LogP contribution in [0.5, 0.6) is 5.75 Å². The first-order valence-electron chi connectivity index (χ1n) is 8.63. The Morgan fingerprint density at radius 2 is 1.75 bits per heavy atom. The van der Waals surface area contributed by atoms with Crippen LogP contribution in [0.1, 0.15) is 88.2 Å². The fraction of sp³-hybridized carbons (Fsp3) is 0.684. The Hall–Kier alpha value is -0.980. The molecule has 1 aliphatic carbocycles. The smallest absolute Gasteiger partial charge is 0.119 e. The van der Waals surface area contributed by atoms with Gasteiger partial charge >= 0.3 is 0 Å². The molecule has 0 aliphatic heterocycles. The van der Waals surface area contributed by atoms with Gasteiger partial charge in [0.15, 0.2) is 0 Å². The van der Waals surface area contributed by atoms with E-state index >= 15 is 0 Å². The van der Waals surface area contributed by atoms with Crippen LogP contribution in [0.2, 0.25) is 0 Å². The molecule has 1 aromatic carbocycles. The summed E-state index contributed by atoms with van der Waals surface area (Å²) in [5.41, 5.74) is 2.69. The lowest BCUT2D eigenvalue weighted by Gasteiger charge is -2.25. The maximum atomic E-state index is 10.3. The van der Waals surface area contributed by atoms with E-state index in [9.17, 15) is 5.11 Å². The molecule has 0 heterocycles. The monoisotopic (exact) mass is 274 g/mol. The van der Waals surface area contributed by atoms with Crippen molar-refractivity contribution in [2.75, 3.05) is 0 Å². The van der Waals surface area contributed by atoms with Gasteiger partial charge in [0.05, 0.1) is 0 Å². The summed E-state index contributed by atoms with van der Waals surface area (Å²) in [5.74, 6) is 1.15. The van der Waals surface area contributed by atoms with Crippen molar-refractivity contribution in [1.82, 2.24) is 0 Å². The molecule has 0 spiro atoms. The maximum absolute atomic E-state index is 10.3. The zero-order valence-corrected chi connectivity index (χ0v) is 13.0. The van der Waals surface area contributed by atoms with Crippen molar-refractivity contribution in [3.8, 4) is 5.75 Å². The fourth-order valence-corrected chi connectivity index (χ4v) is 3.60. The third-order valence-electron chi connectivity index (χ3n) is 4.74. The molecule has 112 valence electrons. The summed E-state index contributed by atoms with van der Waals surface area (Å²) in [5, 5.41) is 10.3. The predicted octanol–water partition coefficient (Wildman–Crippen LogP) is 5.95. The zero-order chi connectivity index (χ0) is 14.2. The highest BCUT2D eigenvalue weighted by molar-refractivity contribution is 5.42. The molecule has 0 bridgehead atoms. The molecule has 1 fully saturated rings. The molecular weight excluding hydrogens is 244 g/mol. The quantitative estimate of drug-likeness (QED) is 0.609. The van der Waals surface area contributed by atoms with E-state index in [0.29, 0.717) is 11.7 Å². The number of hydrogen-bond acceptors (Lipinski definition) is 1. The third kappa shape index (κ3) is 4.26. The molecule has 0 atom stereocenters. The summed E-state index contributed by atoms with van der Waals surface area (Å²) in [6.45, 7) is 2.26. The van der Waals surface area contributed by atoms with E-state index in [2.05, 4.69) is 13.0 Å². The Morgan fingerprint density at radius 1 is 1.00 bits per heavy atom. The van der Waals surface area contributed by atoms with Gasteiger partial charge in [-0.15, -0.1) is 0 Å². The number of rotatable bonds is 7. The molecule has 20 heavy (non-hydrogen) atoms. The Labute approximate surface area is 124 Å². The van der Waals surface area contributed by atoms with Crippen LogP contribution in [0.25, 0.3) is 0 Å². The molecule has 1 saturated carbocycles. The van der Waals surface area contributed by atoms with Crippen LogP contribution in [0.3, 0.4) is 0 Å². The number of hydrogen-bond donors (Lipinski definition) is 1. The molecule has 1 nitrogen and oxygen atoms in total. The molecule has 1 heteroatoms. The highest BCUT2D eigenvalue weighted by Crippen LogP contribution is 2.39. The Bertz CT molecular complexity index is 391. The van der Waals surface area contributed by atoms with E-state index in [1.165, 1.54) is 75.3 Å². The van der Waals surface area contributed by atoms with E-state index in [-0.39, 0.29) is 0 Å². The van der Waals surface area contributed by atoms with Crippen LogP contribution in [0, 0.1) is 0 Å². The summed E-state index contributed by atoms with van der Waals surface area (Å²) in [4.78, 5) is 0. The molecule has 0 saturated heterocycles. The molecule has 0 amide bonds. The van der Waals surface area contributed by atoms with Gasteiger partial charge < -0.3 is 5.11 Å². The van der Waals surface area contributed by atoms with Crippen molar-refractivity contribution < 1.29 is 5.11 Å². The van der Waals surface area contributed by atoms with Gasteiger partial charge in [-0.05, 0) is 43.2 Å². The second kappa shape index (κ2) is 8.34. The highest BCUT2D eigenvalue weighted by atomic mass is 16.3. The lowest BCUT2D eigenvalue weighted by atomic mass is 9.81. The lowest BCUT2D eigenvalue weighted by molar-refractivity contribution is 0.411. The minimum atomic E-state index is 0.544. The molecule has 1 aromatic rings. The Kier molecular flexibility index (Phi) is 6.42. The van der Waals surface area contributed by atoms with E-state index in [1.807, 2.05) is 12.1 Å². The van der Waals surface area contributed by atoms with Crippen LogP contribution in [-0.2, 0) is 6.42 Å². The second-order valence-corrected chi connectivity index (χ2v) is 6.35. The van der Waals surface area contributed by atoms with Gasteiger partial charge in [0.25, 0.3) is 0 Å². The first-order valence-corrected chi connectivity index (χ1v) is 8.63. The van der Waals surface area contributed by atoms with E-state index in [1.54, 1.807) is 0 Å². The third-order valence-corrected chi connectivity index (χ3v) is 4.74. The van der Waals surface area contributed by atoms with Gasteiger partial charge in [0.1, 0.15) is 5.75 Å². The van der Waals surface area contributed by atoms with Crippen molar-refractivity contribution in [2.24, 2.45) is 0 Å². The number of unbranched alkanes of at least 4 members (excludes halogenated alkanes) is 4. The molecule has 0 unspecified atom stereocenters. The second-order valence-electron chi connectivity index (χ2n) is 6.35. The van der Waals surface area contributed by atoms with Crippen LogP contribution in [-0.4, -0.2) is 5.11 Å². The number of aryl methyl sites for hydroxylation is 1. The van der Waals surface area contributed by atoms with Crippen molar-refractivity contribution in [2.45, 2.75) is 83.5 Å². The highest BCUT2D eigenvalue weighted by Gasteiger charge is 2.21. The van der Waals surface area contributed by atoms with Crippen LogP contribution >= 0.6 is 0 Å². The average molecular weight is 274 g/mol. The van der Waals surface area contributed by atoms with E-state index < -0.39 is 0 Å². The van der Waals surface area contributed by atoms with Gasteiger partial charge in [0, 0.05) is 5.56 Å². The summed E-state index contributed by atoms with van der Waals surface area (Å²) in [6, 6.07) is 6.14. The standard InChI is InChI=1S/C19H30O/c1-2-3-4-5-7-11-17-14-10-15-18(20)19(17)16-12-8-6-9-13-16/h10,14-16,20H,2-9,11-13H2,1H3. The molecule has 0 aromatic heterocycles. The average Bonchev–Trinajstić information content (AvgIpc) is 2.48. The van der Waals surface area contributed by atoms with Gasteiger partial charge in [-0.1, -0.05) is 64.0 Å². The zero-order valence-electron chi connectivity index (χ0n) is 13.0. The van der Waals surface area contributed by atoms with Gasteiger partial charge in [-0.25, -0.2) is 0 Å². The van der Waals surface area contributed by atoms with Crippen LogP contribution < -0.4 is 0 Å². The molecule has 1 N–H and O–H groups in total. The largest absolute Gasteiger partial charge is 0.508 e. The van der Waals surface area contributed by atoms with Crippen molar-refractivity contribution in [3.05, 3.63) is 29.3 Å². The van der Waals surface area contributed by atoms with Gasteiger partial charge in [-0.3, -0.25) is 0 Å². The minimum absolute atomic E-state index is 0.544. The van der Waals surface area contributed by atoms with Gasteiger partial charge in [0.2, 0.25) is 0 Å². The molecule has 1 aliphatic rings.